The predicted molar refractivity (Wildman–Crippen MR) is 60.8 cm³/mol. The van der Waals surface area contributed by atoms with E-state index in [9.17, 15) is 0 Å². The minimum atomic E-state index is 0.612. The number of halogens is 1. The molecule has 0 amide bonds. The molecule has 0 aliphatic heterocycles. The highest BCUT2D eigenvalue weighted by atomic mass is 35.5. The number of aromatic nitrogens is 1. The molecule has 0 aromatic carbocycles. The predicted octanol–water partition coefficient (Wildman–Crippen LogP) is 3.08. The minimum absolute atomic E-state index is 0.612. The number of nitrogens with one attached hydrogen (secondary N) is 1. The normalized spacial score (nSPS) is 18.4. The second-order valence-corrected chi connectivity index (χ2v) is 5.76. The van der Waals surface area contributed by atoms with Gasteiger partial charge in [0.2, 0.25) is 0 Å². The van der Waals surface area contributed by atoms with Gasteiger partial charge in [-0.25, -0.2) is 4.98 Å². The molecule has 1 aromatic rings. The van der Waals surface area contributed by atoms with E-state index in [4.69, 9.17) is 11.6 Å². The van der Waals surface area contributed by atoms with E-state index in [2.05, 4.69) is 17.2 Å². The SMILES string of the molecule is CCC1(CNCc2ncc(Cl)s2)CC1. The van der Waals surface area contributed by atoms with E-state index in [-0.39, 0.29) is 0 Å². The van der Waals surface area contributed by atoms with Crippen LogP contribution in [0.15, 0.2) is 6.20 Å². The Morgan fingerprint density at radius 3 is 2.93 bits per heavy atom. The van der Waals surface area contributed by atoms with Gasteiger partial charge in [-0.1, -0.05) is 18.5 Å². The van der Waals surface area contributed by atoms with E-state index in [0.29, 0.717) is 5.41 Å². The van der Waals surface area contributed by atoms with Crippen LogP contribution in [0.1, 0.15) is 31.2 Å². The van der Waals surface area contributed by atoms with Gasteiger partial charge in [-0.05, 0) is 24.7 Å². The van der Waals surface area contributed by atoms with Gasteiger partial charge in [0.25, 0.3) is 0 Å². The zero-order valence-electron chi connectivity index (χ0n) is 8.35. The van der Waals surface area contributed by atoms with E-state index < -0.39 is 0 Å². The molecule has 2 nitrogen and oxygen atoms in total. The lowest BCUT2D eigenvalue weighted by molar-refractivity contribution is 0.443. The van der Waals surface area contributed by atoms with Crippen molar-refractivity contribution in [3.8, 4) is 0 Å². The molecule has 0 unspecified atom stereocenters. The maximum absolute atomic E-state index is 5.80. The molecule has 14 heavy (non-hydrogen) atoms. The average molecular weight is 231 g/mol. The first kappa shape index (κ1) is 10.4. The molecular formula is C10H15ClN2S. The molecule has 1 aliphatic carbocycles. The van der Waals surface area contributed by atoms with Gasteiger partial charge in [0.05, 0.1) is 6.20 Å². The van der Waals surface area contributed by atoms with E-state index in [1.54, 1.807) is 17.5 Å². The highest BCUT2D eigenvalue weighted by Gasteiger charge is 2.39. The lowest BCUT2D eigenvalue weighted by Crippen LogP contribution is -2.22. The third-order valence-electron chi connectivity index (χ3n) is 3.01. The molecule has 0 radical (unpaired) electrons. The van der Waals surface area contributed by atoms with E-state index in [0.717, 1.165) is 22.4 Å². The maximum atomic E-state index is 5.80. The van der Waals surface area contributed by atoms with Gasteiger partial charge >= 0.3 is 0 Å². The quantitative estimate of drug-likeness (QED) is 0.841. The third-order valence-corrected chi connectivity index (χ3v) is 4.12. The Morgan fingerprint density at radius 1 is 1.64 bits per heavy atom. The Bertz CT molecular complexity index is 307. The van der Waals surface area contributed by atoms with Crippen LogP contribution in [0.3, 0.4) is 0 Å². The number of hydrogen-bond acceptors (Lipinski definition) is 3. The van der Waals surface area contributed by atoms with E-state index in [1.807, 2.05) is 0 Å². The molecule has 2 rings (SSSR count). The summed E-state index contributed by atoms with van der Waals surface area (Å²) in [7, 11) is 0. The molecule has 1 N–H and O–H groups in total. The first-order valence-corrected chi connectivity index (χ1v) is 6.24. The minimum Gasteiger partial charge on any atom is -0.310 e. The van der Waals surface area contributed by atoms with Gasteiger partial charge in [-0.3, -0.25) is 0 Å². The molecule has 0 bridgehead atoms. The van der Waals surface area contributed by atoms with Crippen LogP contribution < -0.4 is 5.32 Å². The van der Waals surface area contributed by atoms with Crippen LogP contribution in [0.5, 0.6) is 0 Å². The molecule has 78 valence electrons. The lowest BCUT2D eigenvalue weighted by Gasteiger charge is -2.11. The van der Waals surface area contributed by atoms with Crippen molar-refractivity contribution in [1.29, 1.82) is 0 Å². The van der Waals surface area contributed by atoms with Crippen LogP contribution in [0.2, 0.25) is 4.34 Å². The molecule has 1 saturated carbocycles. The van der Waals surface area contributed by atoms with Crippen LogP contribution in [-0.2, 0) is 6.54 Å². The summed E-state index contributed by atoms with van der Waals surface area (Å²) in [5, 5.41) is 4.54. The van der Waals surface area contributed by atoms with Gasteiger partial charge in [-0.15, -0.1) is 11.3 Å². The molecule has 4 heteroatoms. The van der Waals surface area contributed by atoms with Crippen LogP contribution in [0.4, 0.5) is 0 Å². The summed E-state index contributed by atoms with van der Waals surface area (Å²) >= 11 is 7.36. The van der Waals surface area contributed by atoms with Crippen molar-refractivity contribution in [1.82, 2.24) is 10.3 Å². The van der Waals surface area contributed by atoms with Crippen molar-refractivity contribution in [2.75, 3.05) is 6.54 Å². The van der Waals surface area contributed by atoms with Crippen molar-refractivity contribution < 1.29 is 0 Å². The fraction of sp³-hybridized carbons (Fsp3) is 0.700. The van der Waals surface area contributed by atoms with E-state index >= 15 is 0 Å². The highest BCUT2D eigenvalue weighted by Crippen LogP contribution is 2.47. The average Bonchev–Trinajstić information content (AvgIpc) is 2.84. The van der Waals surface area contributed by atoms with Crippen molar-refractivity contribution in [3.63, 3.8) is 0 Å². The zero-order chi connectivity index (χ0) is 10.0. The van der Waals surface area contributed by atoms with Gasteiger partial charge in [-0.2, -0.15) is 0 Å². The Kier molecular flexibility index (Phi) is 3.10. The van der Waals surface area contributed by atoms with Crippen molar-refractivity contribution in [2.24, 2.45) is 5.41 Å². The van der Waals surface area contributed by atoms with Gasteiger partial charge in [0.1, 0.15) is 9.34 Å². The van der Waals surface area contributed by atoms with Crippen LogP contribution in [-0.4, -0.2) is 11.5 Å². The molecule has 0 atom stereocenters. The molecular weight excluding hydrogens is 216 g/mol. The molecule has 1 fully saturated rings. The Balaban J connectivity index is 1.73. The lowest BCUT2D eigenvalue weighted by atomic mass is 10.0. The van der Waals surface area contributed by atoms with Crippen molar-refractivity contribution >= 4 is 22.9 Å². The molecule has 0 saturated heterocycles. The van der Waals surface area contributed by atoms with Crippen LogP contribution in [0, 0.1) is 5.41 Å². The van der Waals surface area contributed by atoms with Crippen LogP contribution in [0.25, 0.3) is 0 Å². The molecule has 1 aliphatic rings. The molecule has 1 heterocycles. The third kappa shape index (κ3) is 2.47. The van der Waals surface area contributed by atoms with Gasteiger partial charge < -0.3 is 5.32 Å². The fourth-order valence-corrected chi connectivity index (χ4v) is 2.56. The molecule has 0 spiro atoms. The van der Waals surface area contributed by atoms with Crippen molar-refractivity contribution in [2.45, 2.75) is 32.7 Å². The Morgan fingerprint density at radius 2 is 2.43 bits per heavy atom. The second-order valence-electron chi connectivity index (χ2n) is 4.02. The summed E-state index contributed by atoms with van der Waals surface area (Å²) in [5.74, 6) is 0. The first-order chi connectivity index (χ1) is 6.74. The fourth-order valence-electron chi connectivity index (χ4n) is 1.64. The van der Waals surface area contributed by atoms with Crippen LogP contribution >= 0.6 is 22.9 Å². The Labute approximate surface area is 93.7 Å². The number of nitrogens with zero attached hydrogens (tertiary/aromatic N) is 1. The number of thiazole rings is 1. The maximum Gasteiger partial charge on any atom is 0.113 e. The summed E-state index contributed by atoms with van der Waals surface area (Å²) in [6, 6.07) is 0. The topological polar surface area (TPSA) is 24.9 Å². The highest BCUT2D eigenvalue weighted by molar-refractivity contribution is 7.15. The second kappa shape index (κ2) is 4.17. The zero-order valence-corrected chi connectivity index (χ0v) is 9.92. The van der Waals surface area contributed by atoms with Gasteiger partial charge in [0, 0.05) is 13.1 Å². The number of hydrogen-bond donors (Lipinski definition) is 1. The standard InChI is InChI=1S/C10H15ClN2S/c1-2-10(3-4-10)7-12-6-9-13-5-8(11)14-9/h5,12H,2-4,6-7H2,1H3. The summed E-state index contributed by atoms with van der Waals surface area (Å²) in [4.78, 5) is 4.21. The summed E-state index contributed by atoms with van der Waals surface area (Å²) < 4.78 is 0.776. The summed E-state index contributed by atoms with van der Waals surface area (Å²) in [6.07, 6.45) is 5.78. The van der Waals surface area contributed by atoms with Crippen molar-refractivity contribution in [3.05, 3.63) is 15.5 Å². The monoisotopic (exact) mass is 230 g/mol. The Hall–Kier alpha value is -0.120. The summed E-state index contributed by atoms with van der Waals surface area (Å²) in [6.45, 7) is 4.26. The molecule has 1 aromatic heterocycles. The van der Waals surface area contributed by atoms with E-state index in [1.165, 1.54) is 19.3 Å². The van der Waals surface area contributed by atoms with Gasteiger partial charge in [0.15, 0.2) is 0 Å². The smallest absolute Gasteiger partial charge is 0.113 e. The largest absolute Gasteiger partial charge is 0.310 e. The number of rotatable bonds is 5. The summed E-state index contributed by atoms with van der Waals surface area (Å²) in [5.41, 5.74) is 0.612. The first-order valence-electron chi connectivity index (χ1n) is 5.05.